The molecule has 0 aromatic carbocycles. The van der Waals surface area contributed by atoms with Gasteiger partial charge in [-0.1, -0.05) is 6.92 Å². The highest BCUT2D eigenvalue weighted by atomic mass is 127. The van der Waals surface area contributed by atoms with E-state index in [1.54, 1.807) is 14.2 Å². The third kappa shape index (κ3) is 7.13. The van der Waals surface area contributed by atoms with Crippen LogP contribution in [0.15, 0.2) is 4.99 Å². The molecular formula is C15H31IN4O2. The third-order valence-electron chi connectivity index (χ3n) is 3.82. The van der Waals surface area contributed by atoms with E-state index < -0.39 is 0 Å². The number of hydrogen-bond donors (Lipinski definition) is 2. The molecule has 1 saturated heterocycles. The van der Waals surface area contributed by atoms with Gasteiger partial charge >= 0.3 is 0 Å². The van der Waals surface area contributed by atoms with Crippen LogP contribution in [0.5, 0.6) is 0 Å². The van der Waals surface area contributed by atoms with Gasteiger partial charge in [0.25, 0.3) is 0 Å². The fourth-order valence-electron chi connectivity index (χ4n) is 2.71. The maximum absolute atomic E-state index is 11.8. The first-order valence-corrected chi connectivity index (χ1v) is 7.87. The van der Waals surface area contributed by atoms with Crippen molar-refractivity contribution in [2.45, 2.75) is 51.6 Å². The summed E-state index contributed by atoms with van der Waals surface area (Å²) in [4.78, 5) is 18.0. The highest BCUT2D eigenvalue weighted by molar-refractivity contribution is 14.0. The van der Waals surface area contributed by atoms with Gasteiger partial charge < -0.3 is 20.3 Å². The van der Waals surface area contributed by atoms with Crippen molar-refractivity contribution >= 4 is 35.8 Å². The minimum Gasteiger partial charge on any atom is -0.383 e. The molecule has 7 heteroatoms. The number of carbonyl (C=O) groups is 1. The van der Waals surface area contributed by atoms with Gasteiger partial charge in [-0.25, -0.2) is 0 Å². The van der Waals surface area contributed by atoms with Crippen molar-refractivity contribution in [3.05, 3.63) is 0 Å². The van der Waals surface area contributed by atoms with Crippen LogP contribution in [0.2, 0.25) is 0 Å². The van der Waals surface area contributed by atoms with Gasteiger partial charge in [-0.05, 0) is 26.2 Å². The van der Waals surface area contributed by atoms with Crippen molar-refractivity contribution in [3.63, 3.8) is 0 Å². The molecule has 1 aliphatic rings. The molecule has 0 saturated carbocycles. The van der Waals surface area contributed by atoms with Crippen molar-refractivity contribution < 1.29 is 9.53 Å². The van der Waals surface area contributed by atoms with E-state index >= 15 is 0 Å². The van der Waals surface area contributed by atoms with Crippen LogP contribution in [0, 0.1) is 0 Å². The monoisotopic (exact) mass is 426 g/mol. The van der Waals surface area contributed by atoms with Crippen LogP contribution in [-0.4, -0.2) is 62.7 Å². The van der Waals surface area contributed by atoms with E-state index in [0.29, 0.717) is 25.0 Å². The number of ether oxygens (including phenoxy) is 1. The molecule has 1 amide bonds. The van der Waals surface area contributed by atoms with E-state index in [2.05, 4.69) is 22.5 Å². The van der Waals surface area contributed by atoms with Crippen LogP contribution in [0.4, 0.5) is 0 Å². The third-order valence-corrected chi connectivity index (χ3v) is 3.82. The Morgan fingerprint density at radius 3 is 2.73 bits per heavy atom. The molecule has 1 rings (SSSR count). The molecule has 2 N–H and O–H groups in total. The van der Waals surface area contributed by atoms with Gasteiger partial charge in [0.2, 0.25) is 5.91 Å². The summed E-state index contributed by atoms with van der Waals surface area (Å²) >= 11 is 0. The van der Waals surface area contributed by atoms with Gasteiger partial charge in [0.05, 0.1) is 6.61 Å². The average Bonchev–Trinajstić information content (AvgIpc) is 2.88. The molecule has 0 spiro atoms. The molecule has 0 aliphatic carbocycles. The largest absolute Gasteiger partial charge is 0.383 e. The summed E-state index contributed by atoms with van der Waals surface area (Å²) in [5.41, 5.74) is 0. The van der Waals surface area contributed by atoms with Crippen molar-refractivity contribution in [2.75, 3.05) is 33.9 Å². The van der Waals surface area contributed by atoms with Gasteiger partial charge in [0, 0.05) is 45.8 Å². The van der Waals surface area contributed by atoms with E-state index in [0.717, 1.165) is 38.3 Å². The first kappa shape index (κ1) is 21.4. The minimum atomic E-state index is 0. The van der Waals surface area contributed by atoms with E-state index in [1.165, 1.54) is 0 Å². The lowest BCUT2D eigenvalue weighted by molar-refractivity contribution is -0.129. The zero-order valence-corrected chi connectivity index (χ0v) is 16.6. The zero-order valence-electron chi connectivity index (χ0n) is 14.2. The summed E-state index contributed by atoms with van der Waals surface area (Å²) in [6, 6.07) is 0.547. The maximum Gasteiger partial charge on any atom is 0.222 e. The average molecular weight is 426 g/mol. The summed E-state index contributed by atoms with van der Waals surface area (Å²) < 4.78 is 5.10. The highest BCUT2D eigenvalue weighted by Gasteiger charge is 2.26. The number of carbonyl (C=O) groups excluding carboxylic acids is 1. The minimum absolute atomic E-state index is 0. The van der Waals surface area contributed by atoms with Crippen molar-refractivity contribution in [2.24, 2.45) is 4.99 Å². The number of aliphatic imine (C=N–C) groups is 1. The lowest BCUT2D eigenvalue weighted by Crippen LogP contribution is -2.45. The van der Waals surface area contributed by atoms with Crippen molar-refractivity contribution in [1.29, 1.82) is 0 Å². The van der Waals surface area contributed by atoms with Crippen LogP contribution in [0.1, 0.15) is 39.5 Å². The second kappa shape index (κ2) is 11.9. The number of guanidine groups is 1. The summed E-state index contributed by atoms with van der Waals surface area (Å²) in [6.45, 7) is 6.55. The van der Waals surface area contributed by atoms with E-state index in [1.807, 2.05) is 11.8 Å². The second-order valence-corrected chi connectivity index (χ2v) is 5.54. The molecule has 0 aromatic heterocycles. The summed E-state index contributed by atoms with van der Waals surface area (Å²) in [7, 11) is 3.45. The van der Waals surface area contributed by atoms with E-state index in [9.17, 15) is 4.79 Å². The number of nitrogens with zero attached hydrogens (tertiary/aromatic N) is 2. The van der Waals surface area contributed by atoms with E-state index in [-0.39, 0.29) is 30.0 Å². The van der Waals surface area contributed by atoms with Crippen molar-refractivity contribution in [3.8, 4) is 0 Å². The van der Waals surface area contributed by atoms with E-state index in [4.69, 9.17) is 4.74 Å². The van der Waals surface area contributed by atoms with Gasteiger partial charge in [-0.15, -0.1) is 24.0 Å². The predicted molar refractivity (Wildman–Crippen MR) is 101 cm³/mol. The molecule has 2 unspecified atom stereocenters. The molecule has 1 aliphatic heterocycles. The quantitative estimate of drug-likeness (QED) is 0.352. The number of rotatable bonds is 8. The van der Waals surface area contributed by atoms with Gasteiger partial charge in [-0.3, -0.25) is 9.79 Å². The lowest BCUT2D eigenvalue weighted by Gasteiger charge is -2.27. The Labute approximate surface area is 151 Å². The molecular weight excluding hydrogens is 395 g/mol. The molecule has 0 radical (unpaired) electrons. The summed E-state index contributed by atoms with van der Waals surface area (Å²) in [5.74, 6) is 1.08. The Hall–Kier alpha value is -0.570. The predicted octanol–water partition coefficient (Wildman–Crippen LogP) is 1.60. The fraction of sp³-hybridized carbons (Fsp3) is 0.867. The molecule has 1 heterocycles. The zero-order chi connectivity index (χ0) is 15.7. The Kier molecular flexibility index (Phi) is 11.6. The van der Waals surface area contributed by atoms with Crippen LogP contribution in [0.3, 0.4) is 0 Å². The van der Waals surface area contributed by atoms with Crippen molar-refractivity contribution in [1.82, 2.24) is 15.5 Å². The van der Waals surface area contributed by atoms with Gasteiger partial charge in [0.15, 0.2) is 5.96 Å². The summed E-state index contributed by atoms with van der Waals surface area (Å²) in [6.07, 6.45) is 3.66. The number of methoxy groups -OCH3 is 1. The fourth-order valence-corrected chi connectivity index (χ4v) is 2.71. The number of hydrogen-bond acceptors (Lipinski definition) is 3. The van der Waals surface area contributed by atoms with Gasteiger partial charge in [0.1, 0.15) is 0 Å². The number of likely N-dealkylation sites (tertiary alicyclic amines) is 1. The Morgan fingerprint density at radius 2 is 2.23 bits per heavy atom. The lowest BCUT2D eigenvalue weighted by atomic mass is 10.1. The molecule has 130 valence electrons. The second-order valence-electron chi connectivity index (χ2n) is 5.54. The Morgan fingerprint density at radius 1 is 1.50 bits per heavy atom. The number of amides is 1. The molecule has 6 nitrogen and oxygen atoms in total. The van der Waals surface area contributed by atoms with Crippen LogP contribution < -0.4 is 10.6 Å². The van der Waals surface area contributed by atoms with Gasteiger partial charge in [-0.2, -0.15) is 0 Å². The van der Waals surface area contributed by atoms with Crippen LogP contribution in [0.25, 0.3) is 0 Å². The van der Waals surface area contributed by atoms with Crippen LogP contribution in [-0.2, 0) is 9.53 Å². The Balaban J connectivity index is 0.00000441. The molecule has 0 bridgehead atoms. The van der Waals surface area contributed by atoms with Crippen LogP contribution >= 0.6 is 24.0 Å². The Bertz CT molecular complexity index is 352. The molecule has 22 heavy (non-hydrogen) atoms. The number of nitrogens with one attached hydrogen (secondary N) is 2. The highest BCUT2D eigenvalue weighted by Crippen LogP contribution is 2.17. The molecule has 2 atom stereocenters. The SMILES string of the molecule is CCC(CCNC(=NC)NC(C)COC)N1CCCC1=O.I. The molecule has 0 aromatic rings. The molecule has 1 fully saturated rings. The smallest absolute Gasteiger partial charge is 0.222 e. The number of halogens is 1. The normalized spacial score (nSPS) is 17.9. The maximum atomic E-state index is 11.8. The first-order chi connectivity index (χ1) is 10.1. The first-order valence-electron chi connectivity index (χ1n) is 7.87. The topological polar surface area (TPSA) is 66.0 Å². The standard InChI is InChI=1S/C15H30N4O2.HI/c1-5-13(19-10-6-7-14(19)20)8-9-17-15(16-3)18-12(2)11-21-4;/h12-13H,5-11H2,1-4H3,(H2,16,17,18);1H. The summed E-state index contributed by atoms with van der Waals surface area (Å²) in [5, 5.41) is 6.58.